The first-order valence-electron chi connectivity index (χ1n) is 6.79. The van der Waals surface area contributed by atoms with Gasteiger partial charge < -0.3 is 5.32 Å². The second-order valence-corrected chi connectivity index (χ2v) is 6.34. The van der Waals surface area contributed by atoms with E-state index in [0.29, 0.717) is 0 Å². The van der Waals surface area contributed by atoms with E-state index in [0.717, 1.165) is 43.8 Å². The lowest BCUT2D eigenvalue weighted by Gasteiger charge is -2.36. The van der Waals surface area contributed by atoms with E-state index in [1.807, 2.05) is 11.7 Å². The van der Waals surface area contributed by atoms with Gasteiger partial charge in [-0.25, -0.2) is 0 Å². The second-order valence-electron chi connectivity index (χ2n) is 5.55. The maximum Gasteiger partial charge on any atom is 0.0739 e. The molecule has 18 heavy (non-hydrogen) atoms. The molecule has 1 atom stereocenters. The Kier molecular flexibility index (Phi) is 3.47. The predicted octanol–water partition coefficient (Wildman–Crippen LogP) is 1.67. The van der Waals surface area contributed by atoms with Crippen molar-refractivity contribution < 1.29 is 0 Å². The van der Waals surface area contributed by atoms with Gasteiger partial charge in [0.05, 0.1) is 15.9 Å². The first-order chi connectivity index (χ1) is 8.66. The average molecular weight is 313 g/mol. The monoisotopic (exact) mass is 312 g/mol. The smallest absolute Gasteiger partial charge is 0.0739 e. The van der Waals surface area contributed by atoms with Gasteiger partial charge in [-0.05, 0) is 41.6 Å². The van der Waals surface area contributed by atoms with Crippen LogP contribution >= 0.6 is 15.9 Å². The Morgan fingerprint density at radius 3 is 2.83 bits per heavy atom. The Labute approximate surface area is 117 Å². The summed E-state index contributed by atoms with van der Waals surface area (Å²) in [5.41, 5.74) is 2.39. The molecule has 1 N–H and O–H groups in total. The summed E-state index contributed by atoms with van der Waals surface area (Å²) in [6.07, 6.45) is 2.82. The molecule has 2 aliphatic rings. The highest BCUT2D eigenvalue weighted by molar-refractivity contribution is 9.10. The molecule has 3 rings (SSSR count). The molecule has 1 aromatic rings. The Balaban J connectivity index is 1.77. The van der Waals surface area contributed by atoms with Crippen molar-refractivity contribution in [1.82, 2.24) is 20.0 Å². The number of halogens is 1. The standard InChI is InChI=1S/C13H21BrN4/c1-9-13(14)12(17(2)16-9)8-18-6-5-15-7-11(18)10-3-4-10/h10-11,15H,3-8H2,1-2H3. The van der Waals surface area contributed by atoms with Gasteiger partial charge in [-0.3, -0.25) is 9.58 Å². The Hall–Kier alpha value is -0.390. The van der Waals surface area contributed by atoms with Crippen LogP contribution in [0.25, 0.3) is 0 Å². The lowest BCUT2D eigenvalue weighted by atomic mass is 10.1. The maximum absolute atomic E-state index is 4.49. The number of aromatic nitrogens is 2. The number of piperazine rings is 1. The molecule has 1 saturated carbocycles. The van der Waals surface area contributed by atoms with E-state index in [1.54, 1.807) is 0 Å². The van der Waals surface area contributed by atoms with E-state index in [2.05, 4.69) is 38.2 Å². The highest BCUT2D eigenvalue weighted by Gasteiger charge is 2.36. The Morgan fingerprint density at radius 2 is 2.22 bits per heavy atom. The summed E-state index contributed by atoms with van der Waals surface area (Å²) >= 11 is 3.67. The third kappa shape index (κ3) is 2.36. The van der Waals surface area contributed by atoms with Crippen molar-refractivity contribution in [3.63, 3.8) is 0 Å². The highest BCUT2D eigenvalue weighted by atomic mass is 79.9. The minimum absolute atomic E-state index is 0.723. The average Bonchev–Trinajstić information content (AvgIpc) is 3.16. The molecular formula is C13H21BrN4. The first-order valence-corrected chi connectivity index (χ1v) is 7.59. The topological polar surface area (TPSA) is 33.1 Å². The zero-order chi connectivity index (χ0) is 12.7. The molecule has 100 valence electrons. The molecule has 1 aliphatic carbocycles. The molecule has 2 heterocycles. The molecule has 1 aliphatic heterocycles. The molecule has 2 fully saturated rings. The molecule has 0 amide bonds. The highest BCUT2D eigenvalue weighted by Crippen LogP contribution is 2.36. The molecule has 5 heteroatoms. The molecule has 4 nitrogen and oxygen atoms in total. The third-order valence-corrected chi connectivity index (χ3v) is 5.21. The summed E-state index contributed by atoms with van der Waals surface area (Å²) in [7, 11) is 2.04. The predicted molar refractivity (Wildman–Crippen MR) is 75.4 cm³/mol. The SMILES string of the molecule is Cc1nn(C)c(CN2CCNCC2C2CC2)c1Br. The van der Waals surface area contributed by atoms with Gasteiger partial charge in [-0.15, -0.1) is 0 Å². The van der Waals surface area contributed by atoms with Crippen molar-refractivity contribution in [2.45, 2.75) is 32.4 Å². The molecule has 1 unspecified atom stereocenters. The van der Waals surface area contributed by atoms with Gasteiger partial charge in [0.2, 0.25) is 0 Å². The van der Waals surface area contributed by atoms with Crippen molar-refractivity contribution in [2.24, 2.45) is 13.0 Å². The van der Waals surface area contributed by atoms with Crippen LogP contribution in [0.5, 0.6) is 0 Å². The number of rotatable bonds is 3. The summed E-state index contributed by atoms with van der Waals surface area (Å²) in [4.78, 5) is 2.63. The maximum atomic E-state index is 4.49. The van der Waals surface area contributed by atoms with Crippen LogP contribution in [0.3, 0.4) is 0 Å². The third-order valence-electron chi connectivity index (χ3n) is 4.18. The molecule has 0 bridgehead atoms. The van der Waals surface area contributed by atoms with Gasteiger partial charge in [0.15, 0.2) is 0 Å². The van der Waals surface area contributed by atoms with E-state index < -0.39 is 0 Å². The Bertz CT molecular complexity index is 438. The van der Waals surface area contributed by atoms with Crippen LogP contribution in [-0.2, 0) is 13.6 Å². The summed E-state index contributed by atoms with van der Waals surface area (Å²) in [5, 5.41) is 8.02. The minimum atomic E-state index is 0.723. The van der Waals surface area contributed by atoms with Gasteiger partial charge in [0.1, 0.15) is 0 Å². The van der Waals surface area contributed by atoms with Crippen LogP contribution in [0.15, 0.2) is 4.47 Å². The lowest BCUT2D eigenvalue weighted by molar-refractivity contribution is 0.132. The van der Waals surface area contributed by atoms with Gasteiger partial charge in [-0.1, -0.05) is 0 Å². The number of nitrogens with one attached hydrogen (secondary N) is 1. The summed E-state index contributed by atoms with van der Waals surface area (Å²) in [6.45, 7) is 6.49. The molecule has 1 aromatic heterocycles. The number of hydrogen-bond donors (Lipinski definition) is 1. The van der Waals surface area contributed by atoms with Crippen LogP contribution in [-0.4, -0.2) is 40.4 Å². The van der Waals surface area contributed by atoms with E-state index in [4.69, 9.17) is 0 Å². The summed E-state index contributed by atoms with van der Waals surface area (Å²) < 4.78 is 3.20. The largest absolute Gasteiger partial charge is 0.314 e. The number of aryl methyl sites for hydroxylation is 2. The van der Waals surface area contributed by atoms with Crippen LogP contribution in [0.1, 0.15) is 24.2 Å². The molecule has 0 radical (unpaired) electrons. The van der Waals surface area contributed by atoms with Crippen molar-refractivity contribution in [3.8, 4) is 0 Å². The van der Waals surface area contributed by atoms with Crippen LogP contribution in [0.4, 0.5) is 0 Å². The molecule has 0 spiro atoms. The number of hydrogen-bond acceptors (Lipinski definition) is 3. The van der Waals surface area contributed by atoms with E-state index in [9.17, 15) is 0 Å². The molecule has 0 aromatic carbocycles. The zero-order valence-electron chi connectivity index (χ0n) is 11.1. The second kappa shape index (κ2) is 4.94. The van der Waals surface area contributed by atoms with E-state index in [-0.39, 0.29) is 0 Å². The summed E-state index contributed by atoms with van der Waals surface area (Å²) in [5.74, 6) is 0.922. The van der Waals surface area contributed by atoms with Crippen LogP contribution in [0, 0.1) is 12.8 Å². The van der Waals surface area contributed by atoms with Gasteiger partial charge in [0, 0.05) is 39.3 Å². The Morgan fingerprint density at radius 1 is 1.44 bits per heavy atom. The van der Waals surface area contributed by atoms with E-state index >= 15 is 0 Å². The normalized spacial score (nSPS) is 25.6. The van der Waals surface area contributed by atoms with Gasteiger partial charge in [-0.2, -0.15) is 5.10 Å². The van der Waals surface area contributed by atoms with Crippen LogP contribution < -0.4 is 5.32 Å². The zero-order valence-corrected chi connectivity index (χ0v) is 12.7. The van der Waals surface area contributed by atoms with Crippen molar-refractivity contribution in [1.29, 1.82) is 0 Å². The van der Waals surface area contributed by atoms with Crippen LogP contribution in [0.2, 0.25) is 0 Å². The molecular weight excluding hydrogens is 292 g/mol. The number of nitrogens with zero attached hydrogens (tertiary/aromatic N) is 3. The van der Waals surface area contributed by atoms with Crippen molar-refractivity contribution in [2.75, 3.05) is 19.6 Å². The fraction of sp³-hybridized carbons (Fsp3) is 0.769. The minimum Gasteiger partial charge on any atom is -0.314 e. The van der Waals surface area contributed by atoms with Gasteiger partial charge in [0.25, 0.3) is 0 Å². The van der Waals surface area contributed by atoms with Gasteiger partial charge >= 0.3 is 0 Å². The molecule has 1 saturated heterocycles. The fourth-order valence-corrected chi connectivity index (χ4v) is 3.42. The quantitative estimate of drug-likeness (QED) is 0.922. The van der Waals surface area contributed by atoms with Crippen molar-refractivity contribution >= 4 is 15.9 Å². The lowest BCUT2D eigenvalue weighted by Crippen LogP contribution is -2.51. The summed E-state index contributed by atoms with van der Waals surface area (Å²) in [6, 6.07) is 0.723. The first kappa shape index (κ1) is 12.6. The van der Waals surface area contributed by atoms with E-state index in [1.165, 1.54) is 23.0 Å². The van der Waals surface area contributed by atoms with Crippen molar-refractivity contribution in [3.05, 3.63) is 15.9 Å². The fourth-order valence-electron chi connectivity index (χ4n) is 2.95.